The summed E-state index contributed by atoms with van der Waals surface area (Å²) in [5.41, 5.74) is 3.70. The van der Waals surface area contributed by atoms with Crippen molar-refractivity contribution in [1.82, 2.24) is 9.97 Å². The van der Waals surface area contributed by atoms with E-state index in [1.54, 1.807) is 11.3 Å². The van der Waals surface area contributed by atoms with E-state index in [4.69, 9.17) is 0 Å². The lowest BCUT2D eigenvalue weighted by Gasteiger charge is -2.11. The largest absolute Gasteiger partial charge is 0.386 e. The van der Waals surface area contributed by atoms with Gasteiger partial charge in [-0.25, -0.2) is 4.98 Å². The highest BCUT2D eigenvalue weighted by molar-refractivity contribution is 7.09. The first kappa shape index (κ1) is 13.2. The number of aryl methyl sites for hydroxylation is 2. The summed E-state index contributed by atoms with van der Waals surface area (Å²) in [6.45, 7) is 4.02. The molecule has 0 aliphatic carbocycles. The Balaban J connectivity index is 1.93. The van der Waals surface area contributed by atoms with Crippen LogP contribution in [-0.2, 0) is 6.42 Å². The van der Waals surface area contributed by atoms with Crippen molar-refractivity contribution in [2.75, 3.05) is 0 Å². The highest BCUT2D eigenvalue weighted by Crippen LogP contribution is 2.23. The molecule has 3 rings (SSSR count). The van der Waals surface area contributed by atoms with Gasteiger partial charge in [-0.2, -0.15) is 0 Å². The van der Waals surface area contributed by atoms with Crippen LogP contribution in [0.2, 0.25) is 0 Å². The SMILES string of the molecule is Cc1nc(CC(O)c2cc(C)c3ccccc3n2)cs1. The van der Waals surface area contributed by atoms with Gasteiger partial charge in [0.05, 0.1) is 21.9 Å². The van der Waals surface area contributed by atoms with Crippen LogP contribution in [0.3, 0.4) is 0 Å². The highest BCUT2D eigenvalue weighted by atomic mass is 32.1. The van der Waals surface area contributed by atoms with Crippen LogP contribution < -0.4 is 0 Å². The molecule has 3 nitrogen and oxygen atoms in total. The quantitative estimate of drug-likeness (QED) is 0.799. The molecule has 20 heavy (non-hydrogen) atoms. The van der Waals surface area contributed by atoms with Crippen LogP contribution in [0.4, 0.5) is 0 Å². The van der Waals surface area contributed by atoms with Gasteiger partial charge in [-0.1, -0.05) is 18.2 Å². The first-order valence-corrected chi connectivity index (χ1v) is 7.47. The fraction of sp³-hybridized carbons (Fsp3) is 0.250. The standard InChI is InChI=1S/C16H16N2OS/c1-10-7-15(18-14-6-4-3-5-13(10)14)16(19)8-12-9-20-11(2)17-12/h3-7,9,16,19H,8H2,1-2H3. The number of benzene rings is 1. The van der Waals surface area contributed by atoms with E-state index in [1.165, 1.54) is 0 Å². The minimum Gasteiger partial charge on any atom is -0.386 e. The van der Waals surface area contributed by atoms with Gasteiger partial charge in [0.2, 0.25) is 0 Å². The van der Waals surface area contributed by atoms with Crippen molar-refractivity contribution in [2.45, 2.75) is 26.4 Å². The number of aromatic nitrogens is 2. The minimum atomic E-state index is -0.611. The maximum Gasteiger partial charge on any atom is 0.102 e. The van der Waals surface area contributed by atoms with Crippen LogP contribution in [0.1, 0.15) is 28.1 Å². The molecule has 0 bridgehead atoms. The molecule has 1 aromatic carbocycles. The number of para-hydroxylation sites is 1. The molecular weight excluding hydrogens is 268 g/mol. The number of rotatable bonds is 3. The van der Waals surface area contributed by atoms with Gasteiger partial charge < -0.3 is 5.11 Å². The van der Waals surface area contributed by atoms with E-state index in [2.05, 4.69) is 16.0 Å². The van der Waals surface area contributed by atoms with Crippen LogP contribution >= 0.6 is 11.3 Å². The van der Waals surface area contributed by atoms with Crippen LogP contribution in [0.25, 0.3) is 10.9 Å². The summed E-state index contributed by atoms with van der Waals surface area (Å²) in [6.07, 6.45) is -0.102. The van der Waals surface area contributed by atoms with E-state index in [-0.39, 0.29) is 0 Å². The third-order valence-corrected chi connectivity index (χ3v) is 4.18. The first-order chi connectivity index (χ1) is 9.63. The van der Waals surface area contributed by atoms with Crippen molar-refractivity contribution in [1.29, 1.82) is 0 Å². The molecule has 102 valence electrons. The Kier molecular flexibility index (Phi) is 3.51. The fourth-order valence-corrected chi connectivity index (χ4v) is 2.98. The Hall–Kier alpha value is -1.78. The summed E-state index contributed by atoms with van der Waals surface area (Å²) in [5, 5.41) is 14.5. The van der Waals surface area contributed by atoms with Crippen LogP contribution in [0.5, 0.6) is 0 Å². The molecule has 2 aromatic heterocycles. The summed E-state index contributed by atoms with van der Waals surface area (Å²) < 4.78 is 0. The van der Waals surface area contributed by atoms with Crippen molar-refractivity contribution in [3.05, 3.63) is 57.7 Å². The molecule has 3 aromatic rings. The van der Waals surface area contributed by atoms with Gasteiger partial charge in [0.25, 0.3) is 0 Å². The van der Waals surface area contributed by atoms with Crippen molar-refractivity contribution in [3.63, 3.8) is 0 Å². The third-order valence-electron chi connectivity index (χ3n) is 3.35. The molecule has 4 heteroatoms. The summed E-state index contributed by atoms with van der Waals surface area (Å²) in [6, 6.07) is 9.97. The number of nitrogens with zero attached hydrogens (tertiary/aromatic N) is 2. The second-order valence-electron chi connectivity index (χ2n) is 4.96. The second kappa shape index (κ2) is 5.31. The van der Waals surface area contributed by atoms with Crippen molar-refractivity contribution < 1.29 is 5.11 Å². The summed E-state index contributed by atoms with van der Waals surface area (Å²) >= 11 is 1.60. The molecule has 0 spiro atoms. The smallest absolute Gasteiger partial charge is 0.102 e. The molecule has 0 saturated carbocycles. The molecule has 2 heterocycles. The summed E-state index contributed by atoms with van der Waals surface area (Å²) in [7, 11) is 0. The topological polar surface area (TPSA) is 46.0 Å². The van der Waals surface area contributed by atoms with Crippen LogP contribution in [0.15, 0.2) is 35.7 Å². The zero-order valence-electron chi connectivity index (χ0n) is 11.5. The van der Waals surface area contributed by atoms with Gasteiger partial charge >= 0.3 is 0 Å². The Morgan fingerprint density at radius 3 is 2.75 bits per heavy atom. The number of fused-ring (bicyclic) bond motifs is 1. The lowest BCUT2D eigenvalue weighted by molar-refractivity contribution is 0.173. The van der Waals surface area contributed by atoms with Gasteiger partial charge in [-0.05, 0) is 31.5 Å². The van der Waals surface area contributed by atoms with E-state index < -0.39 is 6.10 Å². The van der Waals surface area contributed by atoms with Gasteiger partial charge in [0.1, 0.15) is 6.10 Å². The molecule has 0 aliphatic rings. The number of pyridine rings is 1. The number of hydrogen-bond acceptors (Lipinski definition) is 4. The van der Waals surface area contributed by atoms with E-state index >= 15 is 0 Å². The Morgan fingerprint density at radius 2 is 2.00 bits per heavy atom. The van der Waals surface area contributed by atoms with E-state index in [0.717, 1.165) is 27.2 Å². The zero-order valence-corrected chi connectivity index (χ0v) is 12.3. The fourth-order valence-electron chi connectivity index (χ4n) is 2.35. The molecule has 0 amide bonds. The van der Waals surface area contributed by atoms with Crippen molar-refractivity contribution >= 4 is 22.2 Å². The molecular formula is C16H16N2OS. The average molecular weight is 284 g/mol. The lowest BCUT2D eigenvalue weighted by Crippen LogP contribution is -2.05. The molecule has 0 fully saturated rings. The molecule has 1 atom stereocenters. The summed E-state index contributed by atoms with van der Waals surface area (Å²) in [5.74, 6) is 0. The van der Waals surface area contributed by atoms with Gasteiger partial charge in [0.15, 0.2) is 0 Å². The van der Waals surface area contributed by atoms with Crippen LogP contribution in [-0.4, -0.2) is 15.1 Å². The molecule has 0 saturated heterocycles. The van der Waals surface area contributed by atoms with E-state index in [9.17, 15) is 5.11 Å². The number of aliphatic hydroxyl groups is 1. The molecule has 0 radical (unpaired) electrons. The average Bonchev–Trinajstić information content (AvgIpc) is 2.84. The maximum atomic E-state index is 10.4. The zero-order chi connectivity index (χ0) is 14.1. The van der Waals surface area contributed by atoms with Crippen molar-refractivity contribution in [2.24, 2.45) is 0 Å². The summed E-state index contributed by atoms with van der Waals surface area (Å²) in [4.78, 5) is 8.96. The third kappa shape index (κ3) is 2.57. The predicted octanol–water partition coefficient (Wildman–Crippen LogP) is 3.58. The Bertz CT molecular complexity index is 751. The first-order valence-electron chi connectivity index (χ1n) is 6.59. The number of thiazole rings is 1. The highest BCUT2D eigenvalue weighted by Gasteiger charge is 2.13. The van der Waals surface area contributed by atoms with Gasteiger partial charge in [-0.3, -0.25) is 4.98 Å². The van der Waals surface area contributed by atoms with E-state index in [0.29, 0.717) is 12.1 Å². The minimum absolute atomic E-state index is 0.509. The molecule has 0 aliphatic heterocycles. The van der Waals surface area contributed by atoms with E-state index in [1.807, 2.05) is 43.5 Å². The van der Waals surface area contributed by atoms with Gasteiger partial charge in [0, 0.05) is 17.2 Å². The van der Waals surface area contributed by atoms with Crippen LogP contribution in [0, 0.1) is 13.8 Å². The number of aliphatic hydroxyl groups excluding tert-OH is 1. The van der Waals surface area contributed by atoms with Crippen molar-refractivity contribution in [3.8, 4) is 0 Å². The van der Waals surface area contributed by atoms with Gasteiger partial charge in [-0.15, -0.1) is 11.3 Å². The Morgan fingerprint density at radius 1 is 1.20 bits per heavy atom. The number of hydrogen-bond donors (Lipinski definition) is 1. The predicted molar refractivity (Wildman–Crippen MR) is 82.0 cm³/mol. The normalized spacial score (nSPS) is 12.8. The second-order valence-corrected chi connectivity index (χ2v) is 6.02. The Labute approximate surface area is 122 Å². The monoisotopic (exact) mass is 284 g/mol. The lowest BCUT2D eigenvalue weighted by atomic mass is 10.0. The maximum absolute atomic E-state index is 10.4. The molecule has 1 unspecified atom stereocenters. The molecule has 1 N–H and O–H groups in total.